The van der Waals surface area contributed by atoms with Gasteiger partial charge < -0.3 is 5.11 Å². The van der Waals surface area contributed by atoms with Crippen molar-refractivity contribution >= 4 is 10.0 Å². The molecule has 5 heteroatoms. The lowest BCUT2D eigenvalue weighted by atomic mass is 9.93. The van der Waals surface area contributed by atoms with E-state index in [0.29, 0.717) is 12.8 Å². The van der Waals surface area contributed by atoms with E-state index < -0.39 is 15.6 Å². The summed E-state index contributed by atoms with van der Waals surface area (Å²) in [5.74, 6) is 0.0569. The Morgan fingerprint density at radius 1 is 1.13 bits per heavy atom. The summed E-state index contributed by atoms with van der Waals surface area (Å²) in [6, 6.07) is 0. The van der Waals surface area contributed by atoms with Gasteiger partial charge in [-0.3, -0.25) is 0 Å². The molecule has 0 aromatic rings. The van der Waals surface area contributed by atoms with E-state index >= 15 is 0 Å². The molecule has 0 radical (unpaired) electrons. The van der Waals surface area contributed by atoms with Crippen LogP contribution in [-0.2, 0) is 10.0 Å². The minimum absolute atomic E-state index is 0.0569. The molecule has 2 N–H and O–H groups in total. The first-order valence-corrected chi connectivity index (χ1v) is 7.24. The number of aliphatic hydroxyl groups is 1. The highest BCUT2D eigenvalue weighted by Crippen LogP contribution is 2.18. The van der Waals surface area contributed by atoms with Crippen molar-refractivity contribution in [2.75, 3.05) is 12.3 Å². The highest BCUT2D eigenvalue weighted by atomic mass is 32.2. The van der Waals surface area contributed by atoms with E-state index in [2.05, 4.69) is 4.72 Å². The lowest BCUT2D eigenvalue weighted by Gasteiger charge is -2.27. The Balaban J connectivity index is 4.30. The van der Waals surface area contributed by atoms with Crippen LogP contribution in [0.5, 0.6) is 0 Å². The van der Waals surface area contributed by atoms with Crippen molar-refractivity contribution in [1.29, 1.82) is 0 Å². The molecule has 0 aromatic carbocycles. The first-order chi connectivity index (χ1) is 6.89. The summed E-state index contributed by atoms with van der Waals surface area (Å²) in [4.78, 5) is 0. The molecule has 15 heavy (non-hydrogen) atoms. The maximum Gasteiger partial charge on any atom is 0.211 e. The van der Waals surface area contributed by atoms with Crippen LogP contribution < -0.4 is 4.72 Å². The van der Waals surface area contributed by atoms with Crippen molar-refractivity contribution in [3.63, 3.8) is 0 Å². The van der Waals surface area contributed by atoms with E-state index in [9.17, 15) is 13.5 Å². The van der Waals surface area contributed by atoms with Crippen LogP contribution in [-0.4, -0.2) is 31.4 Å². The van der Waals surface area contributed by atoms with Crippen LogP contribution in [0.15, 0.2) is 0 Å². The Kier molecular flexibility index (Phi) is 6.40. The zero-order chi connectivity index (χ0) is 11.9. The summed E-state index contributed by atoms with van der Waals surface area (Å²) in [6.07, 6.45) is 2.97. The average molecular weight is 237 g/mol. The van der Waals surface area contributed by atoms with Gasteiger partial charge in [-0.25, -0.2) is 13.1 Å². The van der Waals surface area contributed by atoms with Crippen molar-refractivity contribution in [3.05, 3.63) is 0 Å². The summed E-state index contributed by atoms with van der Waals surface area (Å²) in [6.45, 7) is 5.68. The third-order valence-electron chi connectivity index (χ3n) is 2.43. The number of sulfonamides is 1. The lowest BCUT2D eigenvalue weighted by molar-refractivity contribution is 0.0266. The van der Waals surface area contributed by atoms with Gasteiger partial charge in [-0.05, 0) is 19.8 Å². The van der Waals surface area contributed by atoms with E-state index in [1.807, 2.05) is 13.8 Å². The summed E-state index contributed by atoms with van der Waals surface area (Å²) >= 11 is 0. The van der Waals surface area contributed by atoms with Gasteiger partial charge in [0.2, 0.25) is 10.0 Å². The number of nitrogens with one attached hydrogen (secondary N) is 1. The van der Waals surface area contributed by atoms with Crippen molar-refractivity contribution in [2.24, 2.45) is 0 Å². The van der Waals surface area contributed by atoms with E-state index in [4.69, 9.17) is 0 Å². The van der Waals surface area contributed by atoms with Gasteiger partial charge in [0.25, 0.3) is 0 Å². The summed E-state index contributed by atoms with van der Waals surface area (Å²) < 4.78 is 24.9. The Morgan fingerprint density at radius 2 is 1.60 bits per heavy atom. The molecule has 0 bridgehead atoms. The average Bonchev–Trinajstić information content (AvgIpc) is 2.16. The number of hydrogen-bond donors (Lipinski definition) is 2. The Bertz CT molecular complexity index is 256. The molecule has 0 rings (SSSR count). The Morgan fingerprint density at radius 3 is 1.93 bits per heavy atom. The van der Waals surface area contributed by atoms with Crippen molar-refractivity contribution in [1.82, 2.24) is 4.72 Å². The van der Waals surface area contributed by atoms with Crippen molar-refractivity contribution in [2.45, 2.75) is 52.1 Å². The largest absolute Gasteiger partial charge is 0.389 e. The smallest absolute Gasteiger partial charge is 0.211 e. The number of hydrogen-bond acceptors (Lipinski definition) is 3. The fourth-order valence-corrected chi connectivity index (χ4v) is 2.27. The first-order valence-electron chi connectivity index (χ1n) is 5.59. The van der Waals surface area contributed by atoms with Gasteiger partial charge in [0.1, 0.15) is 0 Å². The second-order valence-electron chi connectivity index (χ2n) is 3.95. The SMILES string of the molecule is CCCC(O)(CCC)CNS(=O)(=O)CC. The van der Waals surface area contributed by atoms with Crippen LogP contribution in [0.1, 0.15) is 46.5 Å². The van der Waals surface area contributed by atoms with Gasteiger partial charge in [0.05, 0.1) is 11.4 Å². The zero-order valence-corrected chi connectivity index (χ0v) is 10.7. The maximum atomic E-state index is 11.2. The van der Waals surface area contributed by atoms with Gasteiger partial charge in [0, 0.05) is 6.54 Å². The van der Waals surface area contributed by atoms with Crippen LogP contribution >= 0.6 is 0 Å². The normalized spacial score (nSPS) is 13.1. The first kappa shape index (κ1) is 14.9. The topological polar surface area (TPSA) is 66.4 Å². The highest BCUT2D eigenvalue weighted by Gasteiger charge is 2.26. The molecule has 0 heterocycles. The third kappa shape index (κ3) is 6.12. The van der Waals surface area contributed by atoms with Crippen molar-refractivity contribution in [3.8, 4) is 0 Å². The quantitative estimate of drug-likeness (QED) is 0.668. The zero-order valence-electron chi connectivity index (χ0n) is 9.91. The monoisotopic (exact) mass is 237 g/mol. The Hall–Kier alpha value is -0.130. The molecule has 0 saturated carbocycles. The van der Waals surface area contributed by atoms with Gasteiger partial charge in [-0.15, -0.1) is 0 Å². The van der Waals surface area contributed by atoms with Crippen LogP contribution in [0.3, 0.4) is 0 Å². The molecule has 0 aliphatic carbocycles. The fraction of sp³-hybridized carbons (Fsp3) is 1.00. The molecule has 0 unspecified atom stereocenters. The second-order valence-corrected chi connectivity index (χ2v) is 6.04. The van der Waals surface area contributed by atoms with Gasteiger partial charge in [-0.2, -0.15) is 0 Å². The molecule has 0 aromatic heterocycles. The fourth-order valence-electron chi connectivity index (χ4n) is 1.58. The molecule has 0 atom stereocenters. The van der Waals surface area contributed by atoms with Crippen LogP contribution in [0.2, 0.25) is 0 Å². The van der Waals surface area contributed by atoms with E-state index in [1.54, 1.807) is 6.92 Å². The molecular formula is C10H23NO3S. The van der Waals surface area contributed by atoms with Gasteiger partial charge in [-0.1, -0.05) is 26.7 Å². The summed E-state index contributed by atoms with van der Waals surface area (Å²) in [5.41, 5.74) is -0.883. The highest BCUT2D eigenvalue weighted by molar-refractivity contribution is 7.89. The standard InChI is InChI=1S/C10H23NO3S/c1-4-7-10(12,8-5-2)9-11-15(13,14)6-3/h11-12H,4-9H2,1-3H3. The van der Waals surface area contributed by atoms with Crippen LogP contribution in [0.4, 0.5) is 0 Å². The van der Waals surface area contributed by atoms with E-state index in [-0.39, 0.29) is 12.3 Å². The molecule has 0 amide bonds. The molecule has 4 nitrogen and oxygen atoms in total. The number of rotatable bonds is 8. The molecule has 0 aliphatic heterocycles. The van der Waals surface area contributed by atoms with Crippen molar-refractivity contribution < 1.29 is 13.5 Å². The van der Waals surface area contributed by atoms with E-state index in [0.717, 1.165) is 12.8 Å². The minimum Gasteiger partial charge on any atom is -0.389 e. The lowest BCUT2D eigenvalue weighted by Crippen LogP contribution is -2.43. The van der Waals surface area contributed by atoms with Gasteiger partial charge >= 0.3 is 0 Å². The van der Waals surface area contributed by atoms with Crippen LogP contribution in [0.25, 0.3) is 0 Å². The molecular weight excluding hydrogens is 214 g/mol. The molecule has 0 fully saturated rings. The third-order valence-corrected chi connectivity index (χ3v) is 3.78. The summed E-state index contributed by atoms with van der Waals surface area (Å²) in [5, 5.41) is 10.1. The van der Waals surface area contributed by atoms with E-state index in [1.165, 1.54) is 0 Å². The molecule has 0 saturated heterocycles. The molecule has 92 valence electrons. The molecule has 0 aliphatic rings. The summed E-state index contributed by atoms with van der Waals surface area (Å²) in [7, 11) is -3.20. The minimum atomic E-state index is -3.20. The second kappa shape index (κ2) is 6.45. The van der Waals surface area contributed by atoms with Crippen LogP contribution in [0, 0.1) is 0 Å². The predicted octanol–water partition coefficient (Wildman–Crippen LogP) is 1.26. The molecule has 0 spiro atoms. The predicted molar refractivity (Wildman–Crippen MR) is 62.2 cm³/mol. The van der Waals surface area contributed by atoms with Gasteiger partial charge in [0.15, 0.2) is 0 Å². The Labute approximate surface area is 93.1 Å². The maximum absolute atomic E-state index is 11.2.